The van der Waals surface area contributed by atoms with Crippen LogP contribution < -0.4 is 10.0 Å². The third kappa shape index (κ3) is 6.04. The lowest BCUT2D eigenvalue weighted by atomic mass is 9.87. The summed E-state index contributed by atoms with van der Waals surface area (Å²) in [7, 11) is -3.81. The highest BCUT2D eigenvalue weighted by Crippen LogP contribution is 2.31. The molecule has 0 unspecified atom stereocenters. The molecule has 37 heavy (non-hydrogen) atoms. The third-order valence-electron chi connectivity index (χ3n) is 5.63. The normalized spacial score (nSPS) is 12.1. The van der Waals surface area contributed by atoms with Gasteiger partial charge in [-0.3, -0.25) is 14.6 Å². The monoisotopic (exact) mass is 518 g/mol. The lowest BCUT2D eigenvalue weighted by Gasteiger charge is -2.19. The number of carbonyl (C=O) groups excluding carboxylic acids is 1. The van der Waals surface area contributed by atoms with Crippen LogP contribution in [0.4, 0.5) is 11.4 Å². The van der Waals surface area contributed by atoms with Crippen LogP contribution in [-0.2, 0) is 25.0 Å². The van der Waals surface area contributed by atoms with Crippen molar-refractivity contribution < 1.29 is 23.1 Å². The molecule has 4 N–H and O–H groups in total. The molecule has 0 saturated heterocycles. The molecule has 1 heterocycles. The average molecular weight is 519 g/mol. The van der Waals surface area contributed by atoms with Gasteiger partial charge in [-0.2, -0.15) is 5.10 Å². The number of fused-ring (bicyclic) bond motifs is 1. The van der Waals surface area contributed by atoms with E-state index in [0.29, 0.717) is 33.5 Å². The van der Waals surface area contributed by atoms with Gasteiger partial charge in [0.25, 0.3) is 10.0 Å². The van der Waals surface area contributed by atoms with Crippen molar-refractivity contribution in [2.45, 2.75) is 31.1 Å². The highest BCUT2D eigenvalue weighted by atomic mass is 32.2. The summed E-state index contributed by atoms with van der Waals surface area (Å²) in [6.07, 6.45) is 1.68. The minimum Gasteiger partial charge on any atom is -0.478 e. The molecule has 0 saturated carbocycles. The van der Waals surface area contributed by atoms with Crippen LogP contribution in [0.3, 0.4) is 0 Å². The average Bonchev–Trinajstić information content (AvgIpc) is 3.25. The SMILES string of the molecule is CC(C)(C)c1ccc(S(=O)(=O)Nc2ccc3[nH]nc(-c4cccc(NC(=O)/C=C\C(=O)O)c4)c3c2)cc1. The number of hydrogen-bond acceptors (Lipinski definition) is 5. The first-order valence-corrected chi connectivity index (χ1v) is 12.8. The number of H-pyrrole nitrogens is 1. The number of aromatic amines is 1. The summed E-state index contributed by atoms with van der Waals surface area (Å²) in [5, 5.41) is 19.3. The summed E-state index contributed by atoms with van der Waals surface area (Å²) in [6, 6.07) is 18.8. The maximum atomic E-state index is 13.0. The number of nitrogens with zero attached hydrogens (tertiary/aromatic N) is 1. The summed E-state index contributed by atoms with van der Waals surface area (Å²) in [5.41, 5.74) is 3.70. The van der Waals surface area contributed by atoms with Crippen molar-refractivity contribution in [3.63, 3.8) is 0 Å². The molecular weight excluding hydrogens is 492 g/mol. The number of hydrogen-bond donors (Lipinski definition) is 4. The number of benzene rings is 3. The van der Waals surface area contributed by atoms with Crippen LogP contribution in [0, 0.1) is 0 Å². The van der Waals surface area contributed by atoms with E-state index >= 15 is 0 Å². The van der Waals surface area contributed by atoms with Crippen molar-refractivity contribution >= 4 is 44.2 Å². The van der Waals surface area contributed by atoms with Crippen LogP contribution in [0.5, 0.6) is 0 Å². The van der Waals surface area contributed by atoms with Gasteiger partial charge in [0.15, 0.2) is 0 Å². The van der Waals surface area contributed by atoms with E-state index < -0.39 is 21.9 Å². The fourth-order valence-corrected chi connectivity index (χ4v) is 4.77. The lowest BCUT2D eigenvalue weighted by Crippen LogP contribution is -2.14. The number of rotatable bonds is 7. The molecule has 4 rings (SSSR count). The van der Waals surface area contributed by atoms with Gasteiger partial charge in [0.05, 0.1) is 10.4 Å². The Labute approximate surface area is 214 Å². The standard InChI is InChI=1S/C27H26N4O5S/c1-27(2,3)18-7-10-21(11-8-18)37(35,36)31-20-9-12-23-22(16-20)26(30-29-23)17-5-4-6-19(15-17)28-24(32)13-14-25(33)34/h4-16,31H,1-3H3,(H,28,32)(H,29,30)(H,33,34)/b14-13-. The van der Waals surface area contributed by atoms with Crippen LogP contribution in [0.2, 0.25) is 0 Å². The zero-order chi connectivity index (χ0) is 26.8. The summed E-state index contributed by atoms with van der Waals surface area (Å²) >= 11 is 0. The quantitative estimate of drug-likeness (QED) is 0.256. The molecule has 190 valence electrons. The molecule has 0 atom stereocenters. The van der Waals surface area contributed by atoms with Crippen molar-refractivity contribution in [3.8, 4) is 11.3 Å². The molecule has 0 fully saturated rings. The van der Waals surface area contributed by atoms with Gasteiger partial charge in [-0.25, -0.2) is 13.2 Å². The second kappa shape index (κ2) is 9.90. The van der Waals surface area contributed by atoms with Crippen LogP contribution in [0.15, 0.2) is 83.8 Å². The maximum Gasteiger partial charge on any atom is 0.328 e. The van der Waals surface area contributed by atoms with Crippen molar-refractivity contribution in [2.24, 2.45) is 0 Å². The minimum atomic E-state index is -3.81. The number of amides is 1. The number of aliphatic carboxylic acids is 1. The van der Waals surface area contributed by atoms with Gasteiger partial charge in [0, 0.05) is 34.5 Å². The number of sulfonamides is 1. The smallest absolute Gasteiger partial charge is 0.328 e. The van der Waals surface area contributed by atoms with Gasteiger partial charge in [0.2, 0.25) is 5.91 Å². The molecule has 0 spiro atoms. The summed E-state index contributed by atoms with van der Waals surface area (Å²) in [4.78, 5) is 22.7. The number of nitrogens with one attached hydrogen (secondary N) is 3. The second-order valence-electron chi connectivity index (χ2n) is 9.45. The zero-order valence-electron chi connectivity index (χ0n) is 20.4. The molecule has 4 aromatic rings. The van der Waals surface area contributed by atoms with E-state index in [4.69, 9.17) is 5.11 Å². The number of aromatic nitrogens is 2. The number of carboxylic acids is 1. The Kier molecular flexibility index (Phi) is 6.86. The minimum absolute atomic E-state index is 0.0896. The predicted molar refractivity (Wildman–Crippen MR) is 143 cm³/mol. The van der Waals surface area contributed by atoms with Gasteiger partial charge in [0.1, 0.15) is 5.69 Å². The topological polar surface area (TPSA) is 141 Å². The Balaban J connectivity index is 1.60. The van der Waals surface area contributed by atoms with E-state index in [-0.39, 0.29) is 10.3 Å². The molecule has 1 amide bonds. The van der Waals surface area contributed by atoms with Gasteiger partial charge in [-0.05, 0) is 53.4 Å². The maximum absolute atomic E-state index is 13.0. The van der Waals surface area contributed by atoms with Crippen molar-refractivity contribution in [1.29, 1.82) is 0 Å². The Bertz CT molecular complexity index is 1610. The summed E-state index contributed by atoms with van der Waals surface area (Å²) in [6.45, 7) is 6.19. The first kappa shape index (κ1) is 25.6. The molecule has 0 bridgehead atoms. The zero-order valence-corrected chi connectivity index (χ0v) is 21.3. The van der Waals surface area contributed by atoms with Gasteiger partial charge >= 0.3 is 5.97 Å². The first-order chi connectivity index (χ1) is 17.4. The van der Waals surface area contributed by atoms with E-state index in [1.54, 1.807) is 54.6 Å². The molecule has 1 aromatic heterocycles. The number of anilines is 2. The second-order valence-corrected chi connectivity index (χ2v) is 11.1. The Morgan fingerprint density at radius 2 is 1.68 bits per heavy atom. The van der Waals surface area contributed by atoms with E-state index in [0.717, 1.165) is 17.7 Å². The van der Waals surface area contributed by atoms with Crippen molar-refractivity contribution in [2.75, 3.05) is 10.0 Å². The lowest BCUT2D eigenvalue weighted by molar-refractivity contribution is -0.131. The van der Waals surface area contributed by atoms with Crippen LogP contribution in [0.25, 0.3) is 22.2 Å². The van der Waals surface area contributed by atoms with Crippen LogP contribution in [-0.4, -0.2) is 35.6 Å². The Hall–Kier alpha value is -4.44. The molecule has 10 heteroatoms. The van der Waals surface area contributed by atoms with E-state index in [1.807, 2.05) is 12.1 Å². The first-order valence-electron chi connectivity index (χ1n) is 11.4. The molecule has 9 nitrogen and oxygen atoms in total. The fraction of sp³-hybridized carbons (Fsp3) is 0.148. The van der Waals surface area contributed by atoms with Gasteiger partial charge in [-0.15, -0.1) is 0 Å². The highest BCUT2D eigenvalue weighted by molar-refractivity contribution is 7.92. The van der Waals surface area contributed by atoms with E-state index in [1.165, 1.54) is 0 Å². The Morgan fingerprint density at radius 3 is 2.35 bits per heavy atom. The molecule has 0 aliphatic rings. The van der Waals surface area contributed by atoms with Crippen molar-refractivity contribution in [1.82, 2.24) is 10.2 Å². The van der Waals surface area contributed by atoms with E-state index in [2.05, 4.69) is 41.0 Å². The number of carboxylic acid groups (broad SMARTS) is 1. The molecular formula is C27H26N4O5S. The molecule has 0 aliphatic heterocycles. The molecule has 0 aliphatic carbocycles. The highest BCUT2D eigenvalue weighted by Gasteiger charge is 2.18. The molecule has 0 radical (unpaired) electrons. The van der Waals surface area contributed by atoms with Crippen LogP contribution >= 0.6 is 0 Å². The summed E-state index contributed by atoms with van der Waals surface area (Å²) < 4.78 is 28.7. The van der Waals surface area contributed by atoms with Gasteiger partial charge in [-0.1, -0.05) is 45.0 Å². The fourth-order valence-electron chi connectivity index (χ4n) is 3.72. The predicted octanol–water partition coefficient (Wildman–Crippen LogP) is 4.91. The van der Waals surface area contributed by atoms with Crippen LogP contribution in [0.1, 0.15) is 26.3 Å². The largest absolute Gasteiger partial charge is 0.478 e. The molecule has 3 aromatic carbocycles. The van der Waals surface area contributed by atoms with Crippen molar-refractivity contribution in [3.05, 3.63) is 84.4 Å². The summed E-state index contributed by atoms with van der Waals surface area (Å²) in [5.74, 6) is -1.81. The Morgan fingerprint density at radius 1 is 0.946 bits per heavy atom. The van der Waals surface area contributed by atoms with Gasteiger partial charge < -0.3 is 10.4 Å². The van der Waals surface area contributed by atoms with E-state index in [9.17, 15) is 18.0 Å². The third-order valence-corrected chi connectivity index (χ3v) is 7.02. The number of carbonyl (C=O) groups is 2.